The Balaban J connectivity index is 1.64. The van der Waals surface area contributed by atoms with Gasteiger partial charge in [-0.05, 0) is 36.4 Å². The molecule has 5 nitrogen and oxygen atoms in total. The monoisotopic (exact) mass is 471 g/mol. The predicted molar refractivity (Wildman–Crippen MR) is 119 cm³/mol. The first-order chi connectivity index (χ1) is 14.0. The molecule has 2 heterocycles. The lowest BCUT2D eigenvalue weighted by molar-refractivity contribution is 0.171. The fourth-order valence-electron chi connectivity index (χ4n) is 3.85. The Morgan fingerprint density at radius 2 is 1.97 bits per heavy atom. The van der Waals surface area contributed by atoms with Crippen molar-refractivity contribution in [1.82, 2.24) is 4.57 Å². The normalized spacial score (nSPS) is 14.8. The molecule has 0 radical (unpaired) electrons. The number of ether oxygens (including phenoxy) is 1. The highest BCUT2D eigenvalue weighted by molar-refractivity contribution is 9.10. The summed E-state index contributed by atoms with van der Waals surface area (Å²) in [5.41, 5.74) is 1.44. The van der Waals surface area contributed by atoms with Crippen LogP contribution in [0.3, 0.4) is 0 Å². The van der Waals surface area contributed by atoms with Gasteiger partial charge in [0.05, 0.1) is 11.2 Å². The van der Waals surface area contributed by atoms with Crippen LogP contribution in [0.5, 0.6) is 5.75 Å². The second kappa shape index (κ2) is 8.10. The van der Waals surface area contributed by atoms with Crippen LogP contribution < -0.4 is 15.2 Å². The van der Waals surface area contributed by atoms with Gasteiger partial charge in [0.25, 0.3) is 5.56 Å². The Morgan fingerprint density at radius 3 is 2.66 bits per heavy atom. The summed E-state index contributed by atoms with van der Waals surface area (Å²) in [5.74, 6) is 0.762. The molecule has 0 unspecified atom stereocenters. The van der Waals surface area contributed by atoms with Gasteiger partial charge >= 0.3 is 0 Å². The first kappa shape index (κ1) is 19.8. The zero-order valence-corrected chi connectivity index (χ0v) is 18.2. The molecule has 0 saturated carbocycles. The number of aryl methyl sites for hydroxylation is 1. The Kier molecular flexibility index (Phi) is 5.53. The Bertz CT molecular complexity index is 1180. The van der Waals surface area contributed by atoms with Crippen molar-refractivity contribution in [3.05, 3.63) is 67.9 Å². The molecular formula is C22H19BrClN3O2. The van der Waals surface area contributed by atoms with Crippen molar-refractivity contribution in [3.63, 3.8) is 0 Å². The molecule has 1 fully saturated rings. The highest BCUT2D eigenvalue weighted by atomic mass is 79.9. The van der Waals surface area contributed by atoms with E-state index < -0.39 is 0 Å². The molecule has 7 heteroatoms. The second-order valence-corrected chi connectivity index (χ2v) is 8.47. The molecule has 0 N–H and O–H groups in total. The lowest BCUT2D eigenvalue weighted by Gasteiger charge is -2.35. The van der Waals surface area contributed by atoms with E-state index in [4.69, 9.17) is 16.3 Å². The lowest BCUT2D eigenvalue weighted by Crippen LogP contribution is -2.40. The van der Waals surface area contributed by atoms with Crippen LogP contribution in [0, 0.1) is 11.3 Å². The molecule has 0 atom stereocenters. The first-order valence-corrected chi connectivity index (χ1v) is 10.5. The smallest absolute Gasteiger partial charge is 0.270 e. The summed E-state index contributed by atoms with van der Waals surface area (Å²) in [4.78, 5) is 14.9. The molecular weight excluding hydrogens is 454 g/mol. The average Bonchev–Trinajstić information content (AvgIpc) is 2.71. The van der Waals surface area contributed by atoms with E-state index in [9.17, 15) is 10.1 Å². The Hall–Kier alpha value is -2.49. The first-order valence-electron chi connectivity index (χ1n) is 9.37. The zero-order valence-electron chi connectivity index (χ0n) is 15.9. The van der Waals surface area contributed by atoms with Crippen LogP contribution in [-0.2, 0) is 7.05 Å². The number of benzene rings is 2. The summed E-state index contributed by atoms with van der Waals surface area (Å²) in [6.07, 6.45) is 1.66. The topological polar surface area (TPSA) is 58.3 Å². The quantitative estimate of drug-likeness (QED) is 0.545. The van der Waals surface area contributed by atoms with Gasteiger partial charge in [-0.25, -0.2) is 0 Å². The molecule has 148 valence electrons. The molecule has 0 spiro atoms. The number of nitriles is 1. The van der Waals surface area contributed by atoms with E-state index in [1.165, 1.54) is 4.57 Å². The van der Waals surface area contributed by atoms with E-state index in [0.29, 0.717) is 18.1 Å². The zero-order chi connectivity index (χ0) is 20.5. The molecule has 1 aliphatic rings. The summed E-state index contributed by atoms with van der Waals surface area (Å²) >= 11 is 9.51. The fraction of sp³-hybridized carbons (Fsp3) is 0.273. The van der Waals surface area contributed by atoms with Crippen LogP contribution in [0.25, 0.3) is 10.9 Å². The molecule has 2 aromatic carbocycles. The van der Waals surface area contributed by atoms with Crippen LogP contribution in [0.15, 0.2) is 51.7 Å². The minimum Gasteiger partial charge on any atom is -0.490 e. The van der Waals surface area contributed by atoms with Crippen molar-refractivity contribution in [2.45, 2.75) is 18.9 Å². The summed E-state index contributed by atoms with van der Waals surface area (Å²) in [7, 11) is 1.70. The van der Waals surface area contributed by atoms with Crippen LogP contribution in [0.2, 0.25) is 5.02 Å². The number of halogens is 2. The maximum absolute atomic E-state index is 12.8. The highest BCUT2D eigenvalue weighted by Crippen LogP contribution is 2.33. The number of piperidine rings is 1. The summed E-state index contributed by atoms with van der Waals surface area (Å²) in [5, 5.41) is 11.3. The van der Waals surface area contributed by atoms with Crippen molar-refractivity contribution in [2.24, 2.45) is 7.05 Å². The molecule has 0 bridgehead atoms. The van der Waals surface area contributed by atoms with Crippen LogP contribution >= 0.6 is 27.5 Å². The third kappa shape index (κ3) is 3.85. The van der Waals surface area contributed by atoms with E-state index >= 15 is 0 Å². The standard InChI is InChI=1S/C22H19BrClN3O2/c1-26-20-11-14(23)5-6-18(20)21(19(13-25)22(26)28)27-9-7-16(8-10-27)29-17-4-2-3-15(24)12-17/h2-6,11-12,16H,7-10H2,1H3. The van der Waals surface area contributed by atoms with Crippen molar-refractivity contribution in [2.75, 3.05) is 18.0 Å². The van der Waals surface area contributed by atoms with Gasteiger partial charge in [-0.1, -0.05) is 33.6 Å². The largest absolute Gasteiger partial charge is 0.490 e. The highest BCUT2D eigenvalue weighted by Gasteiger charge is 2.26. The van der Waals surface area contributed by atoms with Crippen LogP contribution in [0.4, 0.5) is 5.69 Å². The maximum Gasteiger partial charge on any atom is 0.270 e. The van der Waals surface area contributed by atoms with E-state index in [2.05, 4.69) is 26.9 Å². The third-order valence-electron chi connectivity index (χ3n) is 5.30. The van der Waals surface area contributed by atoms with Gasteiger partial charge in [0, 0.05) is 47.9 Å². The minimum absolute atomic E-state index is 0.0715. The summed E-state index contributed by atoms with van der Waals surface area (Å²) < 4.78 is 8.51. The van der Waals surface area contributed by atoms with Gasteiger partial charge < -0.3 is 14.2 Å². The molecule has 1 aliphatic heterocycles. The van der Waals surface area contributed by atoms with Gasteiger partial charge in [0.15, 0.2) is 0 Å². The van der Waals surface area contributed by atoms with Crippen molar-refractivity contribution in [3.8, 4) is 11.8 Å². The molecule has 1 saturated heterocycles. The molecule has 0 amide bonds. The van der Waals surface area contributed by atoms with Gasteiger partial charge in [0.1, 0.15) is 23.5 Å². The fourth-order valence-corrected chi connectivity index (χ4v) is 4.38. The van der Waals surface area contributed by atoms with Crippen molar-refractivity contribution in [1.29, 1.82) is 5.26 Å². The van der Waals surface area contributed by atoms with Crippen LogP contribution in [-0.4, -0.2) is 23.8 Å². The number of nitrogens with zero attached hydrogens (tertiary/aromatic N) is 3. The number of rotatable bonds is 3. The van der Waals surface area contributed by atoms with Crippen molar-refractivity contribution < 1.29 is 4.74 Å². The number of hydrogen-bond acceptors (Lipinski definition) is 4. The number of aromatic nitrogens is 1. The third-order valence-corrected chi connectivity index (χ3v) is 6.03. The summed E-state index contributed by atoms with van der Waals surface area (Å²) in [6, 6.07) is 15.4. The lowest BCUT2D eigenvalue weighted by atomic mass is 10.0. The van der Waals surface area contributed by atoms with Gasteiger partial charge in [-0.2, -0.15) is 5.26 Å². The van der Waals surface area contributed by atoms with Gasteiger partial charge in [0.2, 0.25) is 0 Å². The van der Waals surface area contributed by atoms with E-state index in [0.717, 1.165) is 39.7 Å². The SMILES string of the molecule is Cn1c(=O)c(C#N)c(N2CCC(Oc3cccc(Cl)c3)CC2)c2ccc(Br)cc21. The second-order valence-electron chi connectivity index (χ2n) is 7.12. The number of fused-ring (bicyclic) bond motifs is 1. The summed E-state index contributed by atoms with van der Waals surface area (Å²) in [6.45, 7) is 1.41. The number of anilines is 1. The maximum atomic E-state index is 12.8. The molecule has 3 aromatic rings. The average molecular weight is 473 g/mol. The van der Waals surface area contributed by atoms with E-state index in [1.807, 2.05) is 42.5 Å². The molecule has 29 heavy (non-hydrogen) atoms. The Morgan fingerprint density at radius 1 is 1.21 bits per heavy atom. The van der Waals surface area contributed by atoms with Gasteiger partial charge in [-0.15, -0.1) is 0 Å². The molecule has 4 rings (SSSR count). The molecule has 0 aliphatic carbocycles. The van der Waals surface area contributed by atoms with E-state index in [-0.39, 0.29) is 17.2 Å². The van der Waals surface area contributed by atoms with Crippen molar-refractivity contribution >= 4 is 44.1 Å². The number of pyridine rings is 1. The van der Waals surface area contributed by atoms with E-state index in [1.54, 1.807) is 7.05 Å². The van der Waals surface area contributed by atoms with Gasteiger partial charge in [-0.3, -0.25) is 4.79 Å². The molecule has 1 aromatic heterocycles. The predicted octanol–water partition coefficient (Wildman–Crippen LogP) is 4.87. The number of hydrogen-bond donors (Lipinski definition) is 0. The minimum atomic E-state index is -0.273. The van der Waals surface area contributed by atoms with Crippen LogP contribution in [0.1, 0.15) is 18.4 Å². The Labute approximate surface area is 182 Å².